The first-order valence-corrected chi connectivity index (χ1v) is 10.1. The molecule has 1 aliphatic rings. The van der Waals surface area contributed by atoms with Gasteiger partial charge in [0.15, 0.2) is 0 Å². The van der Waals surface area contributed by atoms with Crippen molar-refractivity contribution in [3.05, 3.63) is 50.4 Å². The maximum Gasteiger partial charge on any atom is 0.244 e. The summed E-state index contributed by atoms with van der Waals surface area (Å²) in [5, 5.41) is 14.9. The molecule has 2 aromatic rings. The van der Waals surface area contributed by atoms with E-state index in [9.17, 15) is 9.90 Å². The number of hydrogen-bond donors (Lipinski definition) is 2. The Morgan fingerprint density at radius 2 is 2.17 bits per heavy atom. The van der Waals surface area contributed by atoms with Crippen molar-refractivity contribution < 1.29 is 9.90 Å². The molecule has 2 N–H and O–H groups in total. The minimum Gasteiger partial charge on any atom is -0.388 e. The molecule has 5 heteroatoms. The summed E-state index contributed by atoms with van der Waals surface area (Å²) >= 11 is 3.30. The number of aliphatic hydroxyl groups is 1. The first-order chi connectivity index (χ1) is 11.6. The van der Waals surface area contributed by atoms with Gasteiger partial charge < -0.3 is 10.4 Å². The fourth-order valence-electron chi connectivity index (χ4n) is 3.28. The average Bonchev–Trinajstić information content (AvgIpc) is 3.32. The zero-order valence-electron chi connectivity index (χ0n) is 13.8. The second-order valence-corrected chi connectivity index (χ2v) is 8.53. The van der Waals surface area contributed by atoms with Crippen LogP contribution in [-0.2, 0) is 10.2 Å². The average molecular weight is 362 g/mol. The first kappa shape index (κ1) is 17.4. The number of nitrogens with one attached hydrogen (secondary N) is 1. The highest BCUT2D eigenvalue weighted by atomic mass is 32.1. The van der Waals surface area contributed by atoms with Crippen LogP contribution in [0, 0.1) is 0 Å². The Morgan fingerprint density at radius 3 is 2.79 bits per heavy atom. The highest BCUT2D eigenvalue weighted by molar-refractivity contribution is 7.12. The van der Waals surface area contributed by atoms with E-state index in [0.717, 1.165) is 22.6 Å². The summed E-state index contributed by atoms with van der Waals surface area (Å²) in [6, 6.07) is 8.12. The molecule has 0 aromatic carbocycles. The highest BCUT2D eigenvalue weighted by Gasteiger charge is 2.37. The lowest BCUT2D eigenvalue weighted by Gasteiger charge is -2.28. The summed E-state index contributed by atoms with van der Waals surface area (Å²) in [6.07, 6.45) is 7.64. The van der Waals surface area contributed by atoms with Crippen LogP contribution in [0.5, 0.6) is 0 Å². The van der Waals surface area contributed by atoms with Crippen molar-refractivity contribution in [3.8, 4) is 0 Å². The molecule has 1 aliphatic carbocycles. The lowest BCUT2D eigenvalue weighted by molar-refractivity contribution is -0.116. The van der Waals surface area contributed by atoms with E-state index in [0.29, 0.717) is 6.54 Å². The topological polar surface area (TPSA) is 49.3 Å². The Bertz CT molecular complexity index is 695. The van der Waals surface area contributed by atoms with Crippen molar-refractivity contribution in [2.45, 2.75) is 44.1 Å². The Balaban J connectivity index is 1.66. The quantitative estimate of drug-likeness (QED) is 0.744. The maximum atomic E-state index is 12.2. The largest absolute Gasteiger partial charge is 0.388 e. The van der Waals surface area contributed by atoms with Crippen molar-refractivity contribution in [1.29, 1.82) is 0 Å². The van der Waals surface area contributed by atoms with E-state index in [4.69, 9.17) is 0 Å². The van der Waals surface area contributed by atoms with E-state index in [2.05, 4.69) is 11.4 Å². The van der Waals surface area contributed by atoms with Crippen LogP contribution in [0.15, 0.2) is 35.7 Å². The van der Waals surface area contributed by atoms with Crippen LogP contribution in [0.1, 0.15) is 53.3 Å². The minimum absolute atomic E-state index is 0.0320. The number of thiophene rings is 2. The number of carbonyl (C=O) groups excluding carboxylic acids is 1. The SMILES string of the molecule is CC(O)c1ccc(C2(CNC(=O)/C=C/c3cccs3)CCCC2)s1. The summed E-state index contributed by atoms with van der Waals surface area (Å²) in [5.41, 5.74) is 0.0320. The van der Waals surface area contributed by atoms with Gasteiger partial charge in [0.1, 0.15) is 0 Å². The predicted molar refractivity (Wildman–Crippen MR) is 101 cm³/mol. The molecule has 0 radical (unpaired) electrons. The van der Waals surface area contributed by atoms with Gasteiger partial charge in [0, 0.05) is 32.7 Å². The van der Waals surface area contributed by atoms with E-state index in [1.165, 1.54) is 17.7 Å². The van der Waals surface area contributed by atoms with Gasteiger partial charge in [-0.3, -0.25) is 4.79 Å². The van der Waals surface area contributed by atoms with Gasteiger partial charge >= 0.3 is 0 Å². The summed E-state index contributed by atoms with van der Waals surface area (Å²) < 4.78 is 0. The minimum atomic E-state index is -0.425. The molecule has 0 bridgehead atoms. The first-order valence-electron chi connectivity index (χ1n) is 8.37. The van der Waals surface area contributed by atoms with Crippen LogP contribution in [0.3, 0.4) is 0 Å². The van der Waals surface area contributed by atoms with E-state index in [-0.39, 0.29) is 11.3 Å². The Kier molecular flexibility index (Phi) is 5.54. The summed E-state index contributed by atoms with van der Waals surface area (Å²) in [6.45, 7) is 2.47. The van der Waals surface area contributed by atoms with Gasteiger partial charge in [0.25, 0.3) is 0 Å². The number of hydrogen-bond acceptors (Lipinski definition) is 4. The molecular weight excluding hydrogens is 338 g/mol. The van der Waals surface area contributed by atoms with Gasteiger partial charge in [0.05, 0.1) is 6.10 Å². The second-order valence-electron chi connectivity index (χ2n) is 6.43. The van der Waals surface area contributed by atoms with Crippen LogP contribution in [-0.4, -0.2) is 17.6 Å². The molecule has 0 saturated heterocycles. The van der Waals surface area contributed by atoms with Gasteiger partial charge in [-0.25, -0.2) is 0 Å². The molecule has 2 heterocycles. The van der Waals surface area contributed by atoms with Crippen molar-refractivity contribution in [2.75, 3.05) is 6.54 Å². The molecule has 128 valence electrons. The molecule has 3 rings (SSSR count). The van der Waals surface area contributed by atoms with Gasteiger partial charge in [-0.1, -0.05) is 18.9 Å². The summed E-state index contributed by atoms with van der Waals surface area (Å²) in [5.74, 6) is -0.0398. The van der Waals surface area contributed by atoms with Gasteiger partial charge in [-0.05, 0) is 49.4 Å². The third-order valence-electron chi connectivity index (χ3n) is 4.67. The molecule has 24 heavy (non-hydrogen) atoms. The maximum absolute atomic E-state index is 12.2. The molecular formula is C19H23NO2S2. The van der Waals surface area contributed by atoms with E-state index in [1.807, 2.05) is 29.7 Å². The van der Waals surface area contributed by atoms with E-state index in [1.54, 1.807) is 35.7 Å². The molecule has 1 amide bonds. The van der Waals surface area contributed by atoms with Gasteiger partial charge in [-0.2, -0.15) is 0 Å². The van der Waals surface area contributed by atoms with Crippen LogP contribution in [0.2, 0.25) is 0 Å². The Labute approximate surface area is 151 Å². The third kappa shape index (κ3) is 3.97. The number of carbonyl (C=O) groups is 1. The summed E-state index contributed by atoms with van der Waals surface area (Å²) in [4.78, 5) is 15.5. The smallest absolute Gasteiger partial charge is 0.244 e. The molecule has 3 nitrogen and oxygen atoms in total. The fourth-order valence-corrected chi connectivity index (χ4v) is 5.09. The standard InChI is InChI=1S/C19H23NO2S2/c1-14(21)16-7-8-17(24-16)19(10-2-3-11-19)13-20-18(22)9-6-15-5-4-12-23-15/h4-9,12,14,21H,2-3,10-11,13H2,1H3,(H,20,22)/b9-6+. The fraction of sp³-hybridized carbons (Fsp3) is 0.421. The Hall–Kier alpha value is -1.43. The van der Waals surface area contributed by atoms with Crippen LogP contribution >= 0.6 is 22.7 Å². The van der Waals surface area contributed by atoms with Crippen molar-refractivity contribution in [2.24, 2.45) is 0 Å². The molecule has 1 unspecified atom stereocenters. The lowest BCUT2D eigenvalue weighted by atomic mass is 9.84. The zero-order valence-corrected chi connectivity index (χ0v) is 15.5. The van der Waals surface area contributed by atoms with Crippen LogP contribution in [0.25, 0.3) is 6.08 Å². The van der Waals surface area contributed by atoms with E-state index < -0.39 is 6.10 Å². The highest BCUT2D eigenvalue weighted by Crippen LogP contribution is 2.44. The van der Waals surface area contributed by atoms with E-state index >= 15 is 0 Å². The normalized spacial score (nSPS) is 18.1. The second kappa shape index (κ2) is 7.64. The lowest BCUT2D eigenvalue weighted by Crippen LogP contribution is -2.37. The Morgan fingerprint density at radius 1 is 1.38 bits per heavy atom. The van der Waals surface area contributed by atoms with Crippen LogP contribution in [0.4, 0.5) is 0 Å². The van der Waals surface area contributed by atoms with Crippen LogP contribution < -0.4 is 5.32 Å². The molecule has 2 aromatic heterocycles. The molecule has 0 spiro atoms. The summed E-state index contributed by atoms with van der Waals surface area (Å²) in [7, 11) is 0. The number of amides is 1. The molecule has 1 atom stereocenters. The number of aliphatic hydroxyl groups excluding tert-OH is 1. The molecule has 1 fully saturated rings. The number of rotatable bonds is 6. The zero-order chi connectivity index (χ0) is 17.0. The monoisotopic (exact) mass is 361 g/mol. The van der Waals surface area contributed by atoms with Gasteiger partial charge in [-0.15, -0.1) is 22.7 Å². The van der Waals surface area contributed by atoms with Crippen molar-refractivity contribution in [3.63, 3.8) is 0 Å². The van der Waals surface area contributed by atoms with Gasteiger partial charge in [0.2, 0.25) is 5.91 Å². The third-order valence-corrected chi connectivity index (χ3v) is 7.00. The molecule has 0 aliphatic heterocycles. The van der Waals surface area contributed by atoms with Crippen molar-refractivity contribution in [1.82, 2.24) is 5.32 Å². The predicted octanol–water partition coefficient (Wildman–Crippen LogP) is 4.50. The van der Waals surface area contributed by atoms with Crippen molar-refractivity contribution >= 4 is 34.7 Å². The molecule has 1 saturated carbocycles.